The maximum absolute atomic E-state index is 13.6. The van der Waals surface area contributed by atoms with Gasteiger partial charge in [0.2, 0.25) is 5.91 Å². The number of benzene rings is 2. The predicted molar refractivity (Wildman–Crippen MR) is 140 cm³/mol. The SMILES string of the molecule is CCCN(CC(=O)N1CCc2sccc2C1COc1ccccc1OC)C(=O)c1cccc(OC)c1. The molecule has 0 radical (unpaired) electrons. The lowest BCUT2D eigenvalue weighted by Gasteiger charge is -2.37. The van der Waals surface area contributed by atoms with E-state index < -0.39 is 0 Å². The van der Waals surface area contributed by atoms with Crippen molar-refractivity contribution in [2.24, 2.45) is 0 Å². The lowest BCUT2D eigenvalue weighted by Crippen LogP contribution is -2.48. The number of amides is 2. The standard InChI is InChI=1S/C28H32N2O5S/c1-4-14-29(28(32)20-8-7-9-21(17-20)33-2)18-27(31)30-15-12-26-22(13-16-36-26)23(30)19-35-25-11-6-5-10-24(25)34-3/h5-11,13,16-17,23H,4,12,14-15,18-19H2,1-3H3. The highest BCUT2D eigenvalue weighted by atomic mass is 32.1. The van der Waals surface area contributed by atoms with E-state index in [1.165, 1.54) is 4.88 Å². The van der Waals surface area contributed by atoms with Crippen molar-refractivity contribution in [2.45, 2.75) is 25.8 Å². The number of ether oxygens (including phenoxy) is 3. The minimum absolute atomic E-state index is 0.00844. The molecule has 36 heavy (non-hydrogen) atoms. The van der Waals surface area contributed by atoms with Gasteiger partial charge in [0.25, 0.3) is 5.91 Å². The zero-order chi connectivity index (χ0) is 25.5. The number of hydrogen-bond donors (Lipinski definition) is 0. The molecule has 0 spiro atoms. The van der Waals surface area contributed by atoms with Crippen LogP contribution in [0.5, 0.6) is 17.2 Å². The molecule has 1 atom stereocenters. The van der Waals surface area contributed by atoms with Crippen LogP contribution in [0, 0.1) is 0 Å². The van der Waals surface area contributed by atoms with E-state index in [9.17, 15) is 9.59 Å². The second kappa shape index (κ2) is 11.9. The third-order valence-electron chi connectivity index (χ3n) is 6.30. The van der Waals surface area contributed by atoms with Gasteiger partial charge in [0.15, 0.2) is 11.5 Å². The number of carbonyl (C=O) groups is 2. The average molecular weight is 509 g/mol. The molecule has 7 nitrogen and oxygen atoms in total. The van der Waals surface area contributed by atoms with E-state index in [0.717, 1.165) is 18.4 Å². The number of carbonyl (C=O) groups excluding carboxylic acids is 2. The Morgan fingerprint density at radius 1 is 1.06 bits per heavy atom. The van der Waals surface area contributed by atoms with Gasteiger partial charge in [0, 0.05) is 23.5 Å². The first kappa shape index (κ1) is 25.6. The summed E-state index contributed by atoms with van der Waals surface area (Å²) in [5.74, 6) is 1.62. The lowest BCUT2D eigenvalue weighted by atomic mass is 10.0. The van der Waals surface area contributed by atoms with Crippen molar-refractivity contribution in [2.75, 3.05) is 40.5 Å². The zero-order valence-corrected chi connectivity index (χ0v) is 21.8. The quantitative estimate of drug-likeness (QED) is 0.393. The van der Waals surface area contributed by atoms with Crippen LogP contribution in [0.4, 0.5) is 0 Å². The summed E-state index contributed by atoms with van der Waals surface area (Å²) in [6, 6.07) is 16.4. The minimum atomic E-state index is -0.243. The van der Waals surface area contributed by atoms with Crippen LogP contribution >= 0.6 is 11.3 Å². The van der Waals surface area contributed by atoms with Gasteiger partial charge in [-0.15, -0.1) is 11.3 Å². The first-order valence-electron chi connectivity index (χ1n) is 12.1. The second-order valence-corrected chi connectivity index (χ2v) is 9.57. The molecule has 1 aromatic heterocycles. The molecule has 2 amide bonds. The summed E-state index contributed by atoms with van der Waals surface area (Å²) in [6.07, 6.45) is 1.54. The van der Waals surface area contributed by atoms with Crippen LogP contribution in [0.3, 0.4) is 0 Å². The van der Waals surface area contributed by atoms with E-state index in [4.69, 9.17) is 14.2 Å². The van der Waals surface area contributed by atoms with Crippen molar-refractivity contribution in [3.63, 3.8) is 0 Å². The maximum atomic E-state index is 13.6. The van der Waals surface area contributed by atoms with Crippen molar-refractivity contribution < 1.29 is 23.8 Å². The molecule has 0 fully saturated rings. The summed E-state index contributed by atoms with van der Waals surface area (Å²) in [5, 5.41) is 2.06. The van der Waals surface area contributed by atoms with Crippen molar-refractivity contribution in [3.05, 3.63) is 76.0 Å². The molecule has 1 aliphatic heterocycles. The number of rotatable bonds is 10. The van der Waals surface area contributed by atoms with Gasteiger partial charge in [-0.25, -0.2) is 0 Å². The van der Waals surface area contributed by atoms with Crippen LogP contribution < -0.4 is 14.2 Å². The highest BCUT2D eigenvalue weighted by molar-refractivity contribution is 7.10. The Kier molecular flexibility index (Phi) is 8.48. The van der Waals surface area contributed by atoms with Crippen LogP contribution in [0.25, 0.3) is 0 Å². The molecule has 0 saturated heterocycles. The zero-order valence-electron chi connectivity index (χ0n) is 20.9. The van der Waals surface area contributed by atoms with Crippen molar-refractivity contribution in [1.29, 1.82) is 0 Å². The molecule has 8 heteroatoms. The van der Waals surface area contributed by atoms with Crippen molar-refractivity contribution >= 4 is 23.2 Å². The minimum Gasteiger partial charge on any atom is -0.497 e. The van der Waals surface area contributed by atoms with Gasteiger partial charge >= 0.3 is 0 Å². The maximum Gasteiger partial charge on any atom is 0.254 e. The van der Waals surface area contributed by atoms with E-state index >= 15 is 0 Å². The second-order valence-electron chi connectivity index (χ2n) is 8.57. The molecule has 4 rings (SSSR count). The first-order valence-corrected chi connectivity index (χ1v) is 13.0. The Morgan fingerprint density at radius 3 is 2.61 bits per heavy atom. The fourth-order valence-electron chi connectivity index (χ4n) is 4.50. The Morgan fingerprint density at radius 2 is 1.86 bits per heavy atom. The molecule has 1 unspecified atom stereocenters. The fourth-order valence-corrected chi connectivity index (χ4v) is 5.42. The van der Waals surface area contributed by atoms with Gasteiger partial charge in [-0.1, -0.05) is 25.1 Å². The summed E-state index contributed by atoms with van der Waals surface area (Å²) in [4.78, 5) is 31.7. The Labute approximate surface area is 216 Å². The third-order valence-corrected chi connectivity index (χ3v) is 7.30. The molecule has 3 aromatic rings. The van der Waals surface area contributed by atoms with Crippen LogP contribution in [0.15, 0.2) is 60.0 Å². The lowest BCUT2D eigenvalue weighted by molar-refractivity contribution is -0.135. The topological polar surface area (TPSA) is 68.3 Å². The summed E-state index contributed by atoms with van der Waals surface area (Å²) >= 11 is 1.71. The van der Waals surface area contributed by atoms with Gasteiger partial charge in [-0.3, -0.25) is 9.59 Å². The fraction of sp³-hybridized carbons (Fsp3) is 0.357. The molecule has 0 saturated carbocycles. The van der Waals surface area contributed by atoms with Crippen LogP contribution in [0.2, 0.25) is 0 Å². The number of hydrogen-bond acceptors (Lipinski definition) is 6. The van der Waals surface area contributed by atoms with E-state index in [2.05, 4.69) is 11.4 Å². The van der Waals surface area contributed by atoms with Gasteiger partial charge in [-0.05, 0) is 60.2 Å². The van der Waals surface area contributed by atoms with Gasteiger partial charge in [-0.2, -0.15) is 0 Å². The summed E-state index contributed by atoms with van der Waals surface area (Å²) < 4.78 is 16.9. The van der Waals surface area contributed by atoms with E-state index in [1.54, 1.807) is 54.7 Å². The predicted octanol–water partition coefficient (Wildman–Crippen LogP) is 4.82. The smallest absolute Gasteiger partial charge is 0.254 e. The van der Waals surface area contributed by atoms with Crippen molar-refractivity contribution in [3.8, 4) is 17.2 Å². The highest BCUT2D eigenvalue weighted by Crippen LogP contribution is 2.35. The monoisotopic (exact) mass is 508 g/mol. The number of para-hydroxylation sites is 2. The summed E-state index contributed by atoms with van der Waals surface area (Å²) in [7, 11) is 3.18. The number of methoxy groups -OCH3 is 2. The number of nitrogens with zero attached hydrogens (tertiary/aromatic N) is 2. The molecule has 1 aliphatic rings. The molecule has 190 valence electrons. The van der Waals surface area contributed by atoms with E-state index in [1.807, 2.05) is 36.1 Å². The molecule has 0 N–H and O–H groups in total. The Hall–Kier alpha value is -3.52. The normalized spacial score (nSPS) is 14.6. The molecular weight excluding hydrogens is 476 g/mol. The number of fused-ring (bicyclic) bond motifs is 1. The Bertz CT molecular complexity index is 1190. The first-order chi connectivity index (χ1) is 17.5. The third kappa shape index (κ3) is 5.65. The molecular formula is C28H32N2O5S. The van der Waals surface area contributed by atoms with E-state index in [-0.39, 0.29) is 24.4 Å². The average Bonchev–Trinajstić information content (AvgIpc) is 3.40. The van der Waals surface area contributed by atoms with Crippen LogP contribution in [0.1, 0.15) is 40.2 Å². The summed E-state index contributed by atoms with van der Waals surface area (Å²) in [5.41, 5.74) is 1.61. The molecule has 2 heterocycles. The van der Waals surface area contributed by atoms with Crippen LogP contribution in [-0.4, -0.2) is 62.1 Å². The molecule has 2 aromatic carbocycles. The van der Waals surface area contributed by atoms with Gasteiger partial charge in [0.1, 0.15) is 18.9 Å². The van der Waals surface area contributed by atoms with Crippen molar-refractivity contribution in [1.82, 2.24) is 9.80 Å². The molecule has 0 bridgehead atoms. The van der Waals surface area contributed by atoms with Crippen LogP contribution in [-0.2, 0) is 11.2 Å². The van der Waals surface area contributed by atoms with Gasteiger partial charge in [0.05, 0.1) is 20.3 Å². The van der Waals surface area contributed by atoms with E-state index in [0.29, 0.717) is 42.5 Å². The largest absolute Gasteiger partial charge is 0.497 e. The highest BCUT2D eigenvalue weighted by Gasteiger charge is 2.33. The Balaban J connectivity index is 1.53. The van der Waals surface area contributed by atoms with Gasteiger partial charge < -0.3 is 24.0 Å². The summed E-state index contributed by atoms with van der Waals surface area (Å²) in [6.45, 7) is 3.38. The molecule has 0 aliphatic carbocycles. The number of thiophene rings is 1.